The number of carboxylic acid groups (broad SMARTS) is 1. The van der Waals surface area contributed by atoms with Crippen molar-refractivity contribution in [2.75, 3.05) is 0 Å². The highest BCUT2D eigenvalue weighted by atomic mass is 35.5. The summed E-state index contributed by atoms with van der Waals surface area (Å²) in [7, 11) is 0. The van der Waals surface area contributed by atoms with Crippen molar-refractivity contribution in [3.63, 3.8) is 0 Å². The topological polar surface area (TPSA) is 53.1 Å². The minimum Gasteiger partial charge on any atom is -0.478 e. The Morgan fingerprint density at radius 1 is 1.27 bits per heavy atom. The van der Waals surface area contributed by atoms with Crippen molar-refractivity contribution in [2.45, 2.75) is 0 Å². The number of nitrogens with one attached hydrogen (secondary N) is 1. The molecule has 0 atom stereocenters. The fourth-order valence-electron chi connectivity index (χ4n) is 1.38. The van der Waals surface area contributed by atoms with Crippen LogP contribution in [0.25, 0.3) is 10.9 Å². The highest BCUT2D eigenvalue weighted by Crippen LogP contribution is 2.34. The molecule has 1 aromatic heterocycles. The number of aromatic amines is 1. The number of aromatic nitrogens is 1. The maximum atomic E-state index is 10.9. The minimum atomic E-state index is -1.11. The Morgan fingerprint density at radius 2 is 1.93 bits per heavy atom. The maximum absolute atomic E-state index is 10.9. The number of carbonyl (C=O) groups is 1. The van der Waals surface area contributed by atoms with E-state index in [0.29, 0.717) is 15.9 Å². The zero-order valence-electron chi connectivity index (χ0n) is 7.14. The van der Waals surface area contributed by atoms with Crippen molar-refractivity contribution < 1.29 is 9.90 Å². The minimum absolute atomic E-state index is 0.00485. The molecule has 0 aliphatic carbocycles. The Kier molecular flexibility index (Phi) is 2.54. The average Bonchev–Trinajstić information content (AvgIpc) is 2.49. The van der Waals surface area contributed by atoms with Gasteiger partial charge in [0.1, 0.15) is 10.7 Å². The summed E-state index contributed by atoms with van der Waals surface area (Å²) < 4.78 is 0. The van der Waals surface area contributed by atoms with Gasteiger partial charge >= 0.3 is 5.97 Å². The van der Waals surface area contributed by atoms with Crippen molar-refractivity contribution in [3.8, 4) is 0 Å². The number of H-pyrrole nitrogens is 1. The van der Waals surface area contributed by atoms with Gasteiger partial charge in [0.15, 0.2) is 0 Å². The van der Waals surface area contributed by atoms with Gasteiger partial charge in [-0.1, -0.05) is 40.9 Å². The molecular formula is C9H4Cl3NO2. The molecule has 15 heavy (non-hydrogen) atoms. The molecule has 0 aliphatic heterocycles. The van der Waals surface area contributed by atoms with Gasteiger partial charge in [-0.05, 0) is 6.07 Å². The first-order valence-electron chi connectivity index (χ1n) is 3.91. The summed E-state index contributed by atoms with van der Waals surface area (Å²) >= 11 is 17.4. The van der Waals surface area contributed by atoms with E-state index in [0.717, 1.165) is 0 Å². The Bertz CT molecular complexity index is 562. The first kappa shape index (κ1) is 10.6. The van der Waals surface area contributed by atoms with Crippen molar-refractivity contribution >= 4 is 51.7 Å². The number of carboxylic acids is 1. The normalized spacial score (nSPS) is 10.9. The lowest BCUT2D eigenvalue weighted by molar-refractivity contribution is 0.0699. The number of hydrogen-bond donors (Lipinski definition) is 2. The lowest BCUT2D eigenvalue weighted by atomic mass is 10.2. The zero-order valence-corrected chi connectivity index (χ0v) is 9.41. The zero-order chi connectivity index (χ0) is 11.2. The molecule has 0 unspecified atom stereocenters. The number of aromatic carboxylic acids is 1. The molecule has 0 bridgehead atoms. The van der Waals surface area contributed by atoms with Crippen LogP contribution in [0, 0.1) is 0 Å². The van der Waals surface area contributed by atoms with Crippen LogP contribution >= 0.6 is 34.8 Å². The maximum Gasteiger partial charge on any atom is 0.339 e. The number of hydrogen-bond acceptors (Lipinski definition) is 1. The fourth-order valence-corrected chi connectivity index (χ4v) is 2.03. The third-order valence-electron chi connectivity index (χ3n) is 2.03. The van der Waals surface area contributed by atoms with Gasteiger partial charge in [0.2, 0.25) is 0 Å². The molecule has 0 saturated carbocycles. The van der Waals surface area contributed by atoms with Gasteiger partial charge < -0.3 is 10.1 Å². The van der Waals surface area contributed by atoms with Gasteiger partial charge in [-0.25, -0.2) is 4.79 Å². The van der Waals surface area contributed by atoms with E-state index in [9.17, 15) is 4.79 Å². The van der Waals surface area contributed by atoms with Crippen LogP contribution in [0.2, 0.25) is 15.2 Å². The summed E-state index contributed by atoms with van der Waals surface area (Å²) in [6.07, 6.45) is 0. The SMILES string of the molecule is O=C(O)c1c(Cl)[nH]c2c(Cl)c(Cl)ccc12. The average molecular weight is 264 g/mol. The van der Waals surface area contributed by atoms with Crippen molar-refractivity contribution in [1.82, 2.24) is 4.98 Å². The second-order valence-corrected chi connectivity index (χ2v) is 4.07. The van der Waals surface area contributed by atoms with Crippen LogP contribution in [0.5, 0.6) is 0 Å². The number of fused-ring (bicyclic) bond motifs is 1. The largest absolute Gasteiger partial charge is 0.478 e. The van der Waals surface area contributed by atoms with Crippen LogP contribution < -0.4 is 0 Å². The van der Waals surface area contributed by atoms with Gasteiger partial charge in [-0.3, -0.25) is 0 Å². The molecule has 2 rings (SSSR count). The summed E-state index contributed by atoms with van der Waals surface area (Å²) in [5.74, 6) is -1.11. The number of rotatable bonds is 1. The van der Waals surface area contributed by atoms with Gasteiger partial charge in [0.05, 0.1) is 15.6 Å². The van der Waals surface area contributed by atoms with E-state index in [2.05, 4.69) is 4.98 Å². The molecule has 6 heteroatoms. The van der Waals surface area contributed by atoms with Gasteiger partial charge in [-0.2, -0.15) is 0 Å². The molecule has 0 radical (unpaired) electrons. The molecule has 0 fully saturated rings. The van der Waals surface area contributed by atoms with Crippen LogP contribution in [0.1, 0.15) is 10.4 Å². The quantitative estimate of drug-likeness (QED) is 0.822. The summed E-state index contributed by atoms with van der Waals surface area (Å²) in [4.78, 5) is 13.6. The van der Waals surface area contributed by atoms with Crippen LogP contribution in [-0.2, 0) is 0 Å². The molecule has 0 amide bonds. The highest BCUT2D eigenvalue weighted by molar-refractivity contribution is 6.46. The molecule has 0 saturated heterocycles. The standard InChI is InChI=1S/C9H4Cl3NO2/c10-4-2-1-3-5(9(14)15)8(12)13-7(3)6(4)11/h1-2,13H,(H,14,15). The summed E-state index contributed by atoms with van der Waals surface area (Å²) in [6, 6.07) is 3.10. The van der Waals surface area contributed by atoms with Gasteiger partial charge in [0.25, 0.3) is 0 Å². The monoisotopic (exact) mass is 263 g/mol. The molecule has 0 aliphatic rings. The second kappa shape index (κ2) is 3.59. The molecule has 2 aromatic rings. The van der Waals surface area contributed by atoms with Crippen LogP contribution in [-0.4, -0.2) is 16.1 Å². The van der Waals surface area contributed by atoms with E-state index >= 15 is 0 Å². The predicted octanol–water partition coefficient (Wildman–Crippen LogP) is 3.83. The van der Waals surface area contributed by atoms with Crippen molar-refractivity contribution in [3.05, 3.63) is 32.9 Å². The Morgan fingerprint density at radius 3 is 2.53 bits per heavy atom. The predicted molar refractivity (Wildman–Crippen MR) is 60.3 cm³/mol. The van der Waals surface area contributed by atoms with Crippen LogP contribution in [0.4, 0.5) is 0 Å². The van der Waals surface area contributed by atoms with E-state index in [-0.39, 0.29) is 15.7 Å². The van der Waals surface area contributed by atoms with E-state index in [4.69, 9.17) is 39.9 Å². The first-order chi connectivity index (χ1) is 7.02. The van der Waals surface area contributed by atoms with Crippen LogP contribution in [0.15, 0.2) is 12.1 Å². The van der Waals surface area contributed by atoms with E-state index in [1.165, 1.54) is 6.07 Å². The van der Waals surface area contributed by atoms with Crippen molar-refractivity contribution in [1.29, 1.82) is 0 Å². The number of benzene rings is 1. The molecule has 2 N–H and O–H groups in total. The van der Waals surface area contributed by atoms with Crippen molar-refractivity contribution in [2.24, 2.45) is 0 Å². The molecule has 1 aromatic carbocycles. The van der Waals surface area contributed by atoms with E-state index in [1.54, 1.807) is 6.07 Å². The highest BCUT2D eigenvalue weighted by Gasteiger charge is 2.18. The van der Waals surface area contributed by atoms with Gasteiger partial charge in [-0.15, -0.1) is 0 Å². The van der Waals surface area contributed by atoms with E-state index < -0.39 is 5.97 Å². The lowest BCUT2D eigenvalue weighted by Gasteiger charge is -1.97. The van der Waals surface area contributed by atoms with Crippen LogP contribution in [0.3, 0.4) is 0 Å². The summed E-state index contributed by atoms with van der Waals surface area (Å²) in [5, 5.41) is 10.0. The molecule has 3 nitrogen and oxygen atoms in total. The Labute approximate surface area is 99.6 Å². The Hall–Kier alpha value is -0.900. The molecule has 78 valence electrons. The first-order valence-corrected chi connectivity index (χ1v) is 5.04. The fraction of sp³-hybridized carbons (Fsp3) is 0. The summed E-state index contributed by atoms with van der Waals surface area (Å²) in [5.41, 5.74) is 0.441. The van der Waals surface area contributed by atoms with Gasteiger partial charge in [0, 0.05) is 5.39 Å². The lowest BCUT2D eigenvalue weighted by Crippen LogP contribution is -1.94. The smallest absolute Gasteiger partial charge is 0.339 e. The summed E-state index contributed by atoms with van der Waals surface area (Å²) in [6.45, 7) is 0. The Balaban J connectivity index is 2.91. The molecule has 0 spiro atoms. The third kappa shape index (κ3) is 1.57. The molecular weight excluding hydrogens is 260 g/mol. The third-order valence-corrected chi connectivity index (χ3v) is 3.12. The van der Waals surface area contributed by atoms with E-state index in [1.807, 2.05) is 0 Å². The second-order valence-electron chi connectivity index (χ2n) is 2.90. The molecule has 1 heterocycles. The number of halogens is 3.